The van der Waals surface area contributed by atoms with Gasteiger partial charge in [0.05, 0.1) is 4.88 Å². The van der Waals surface area contributed by atoms with Crippen LogP contribution >= 0.6 is 11.3 Å². The second-order valence-electron chi connectivity index (χ2n) is 4.49. The highest BCUT2D eigenvalue weighted by atomic mass is 32.1. The van der Waals surface area contributed by atoms with Crippen LogP contribution in [0.2, 0.25) is 0 Å². The van der Waals surface area contributed by atoms with Crippen molar-refractivity contribution in [2.45, 2.75) is 0 Å². The summed E-state index contributed by atoms with van der Waals surface area (Å²) in [7, 11) is 1.74. The molecule has 0 aliphatic heterocycles. The van der Waals surface area contributed by atoms with Crippen LogP contribution < -0.4 is 4.90 Å². The van der Waals surface area contributed by atoms with Crippen molar-refractivity contribution in [1.82, 2.24) is 0 Å². The SMILES string of the molecule is CN(C(=O)c1cc2ccc(F)cc2s1)c1ccccc1. The van der Waals surface area contributed by atoms with Gasteiger partial charge in [0.1, 0.15) is 5.82 Å². The van der Waals surface area contributed by atoms with E-state index >= 15 is 0 Å². The maximum atomic E-state index is 13.2. The van der Waals surface area contributed by atoms with Crippen LogP contribution in [0, 0.1) is 5.82 Å². The Morgan fingerprint density at radius 1 is 1.10 bits per heavy atom. The normalized spacial score (nSPS) is 10.7. The first-order valence-corrected chi connectivity index (χ1v) is 6.99. The third kappa shape index (κ3) is 2.30. The van der Waals surface area contributed by atoms with Crippen molar-refractivity contribution < 1.29 is 9.18 Å². The number of hydrogen-bond donors (Lipinski definition) is 0. The van der Waals surface area contributed by atoms with Crippen LogP contribution in [0.5, 0.6) is 0 Å². The minimum atomic E-state index is -0.283. The molecule has 20 heavy (non-hydrogen) atoms. The molecular weight excluding hydrogens is 273 g/mol. The van der Waals surface area contributed by atoms with E-state index in [1.807, 2.05) is 30.3 Å². The number of thiophene rings is 1. The summed E-state index contributed by atoms with van der Waals surface area (Å²) in [5.41, 5.74) is 0.834. The van der Waals surface area contributed by atoms with E-state index in [0.29, 0.717) is 4.88 Å². The lowest BCUT2D eigenvalue weighted by Gasteiger charge is -2.15. The molecule has 0 N–H and O–H groups in total. The molecule has 2 aromatic carbocycles. The zero-order chi connectivity index (χ0) is 14.1. The van der Waals surface area contributed by atoms with Crippen LogP contribution in [-0.2, 0) is 0 Å². The highest BCUT2D eigenvalue weighted by molar-refractivity contribution is 7.20. The summed E-state index contributed by atoms with van der Waals surface area (Å²) < 4.78 is 14.0. The highest BCUT2D eigenvalue weighted by Gasteiger charge is 2.16. The molecule has 0 radical (unpaired) electrons. The van der Waals surface area contributed by atoms with Gasteiger partial charge in [0.25, 0.3) is 5.91 Å². The van der Waals surface area contributed by atoms with Gasteiger partial charge >= 0.3 is 0 Å². The van der Waals surface area contributed by atoms with E-state index in [-0.39, 0.29) is 11.7 Å². The Bertz CT molecular complexity index is 767. The first kappa shape index (κ1) is 12.8. The van der Waals surface area contributed by atoms with Gasteiger partial charge in [-0.2, -0.15) is 0 Å². The maximum absolute atomic E-state index is 13.2. The first-order chi connectivity index (χ1) is 9.65. The number of amides is 1. The number of halogens is 1. The van der Waals surface area contributed by atoms with Gasteiger partial charge in [0, 0.05) is 17.4 Å². The van der Waals surface area contributed by atoms with Crippen molar-refractivity contribution in [2.24, 2.45) is 0 Å². The van der Waals surface area contributed by atoms with Gasteiger partial charge in [-0.15, -0.1) is 11.3 Å². The molecule has 3 aromatic rings. The molecule has 0 aliphatic rings. The molecule has 3 rings (SSSR count). The summed E-state index contributed by atoms with van der Waals surface area (Å²) in [5.74, 6) is -0.368. The Morgan fingerprint density at radius 3 is 2.60 bits per heavy atom. The Kier molecular flexibility index (Phi) is 3.24. The number of nitrogens with zero attached hydrogens (tertiary/aromatic N) is 1. The molecule has 1 aromatic heterocycles. The molecule has 0 aliphatic carbocycles. The first-order valence-electron chi connectivity index (χ1n) is 6.17. The third-order valence-corrected chi connectivity index (χ3v) is 4.23. The second kappa shape index (κ2) is 5.06. The smallest absolute Gasteiger partial charge is 0.268 e. The summed E-state index contributed by atoms with van der Waals surface area (Å²) >= 11 is 1.31. The summed E-state index contributed by atoms with van der Waals surface area (Å²) in [5, 5.41) is 0.890. The van der Waals surface area contributed by atoms with Gasteiger partial charge in [-0.25, -0.2) is 4.39 Å². The van der Waals surface area contributed by atoms with Crippen LogP contribution in [0.3, 0.4) is 0 Å². The highest BCUT2D eigenvalue weighted by Crippen LogP contribution is 2.28. The van der Waals surface area contributed by atoms with E-state index in [2.05, 4.69) is 0 Å². The fourth-order valence-electron chi connectivity index (χ4n) is 2.04. The summed E-state index contributed by atoms with van der Waals surface area (Å²) in [6.07, 6.45) is 0. The minimum absolute atomic E-state index is 0.0854. The van der Waals surface area contributed by atoms with Gasteiger partial charge in [-0.05, 0) is 35.7 Å². The molecule has 0 fully saturated rings. The average Bonchev–Trinajstić information content (AvgIpc) is 2.89. The van der Waals surface area contributed by atoms with E-state index < -0.39 is 0 Å². The van der Waals surface area contributed by atoms with Crippen LogP contribution in [0.4, 0.5) is 10.1 Å². The number of para-hydroxylation sites is 1. The Morgan fingerprint density at radius 2 is 1.85 bits per heavy atom. The van der Waals surface area contributed by atoms with Gasteiger partial charge in [0.15, 0.2) is 0 Å². The van der Waals surface area contributed by atoms with Gasteiger partial charge in [0.2, 0.25) is 0 Å². The number of rotatable bonds is 2. The standard InChI is InChI=1S/C16H12FNOS/c1-18(13-5-3-2-4-6-13)16(19)15-9-11-7-8-12(17)10-14(11)20-15/h2-10H,1H3. The number of fused-ring (bicyclic) bond motifs is 1. The lowest BCUT2D eigenvalue weighted by molar-refractivity contribution is 0.0997. The predicted octanol–water partition coefficient (Wildman–Crippen LogP) is 4.32. The lowest BCUT2D eigenvalue weighted by Crippen LogP contribution is -2.25. The van der Waals surface area contributed by atoms with E-state index in [1.54, 1.807) is 24.1 Å². The molecule has 1 heterocycles. The van der Waals surface area contributed by atoms with Crippen molar-refractivity contribution in [2.75, 3.05) is 11.9 Å². The van der Waals surface area contributed by atoms with E-state index in [4.69, 9.17) is 0 Å². The lowest BCUT2D eigenvalue weighted by atomic mass is 10.2. The molecule has 0 saturated carbocycles. The second-order valence-corrected chi connectivity index (χ2v) is 5.58. The van der Waals surface area contributed by atoms with Crippen molar-refractivity contribution in [3.8, 4) is 0 Å². The van der Waals surface area contributed by atoms with Gasteiger partial charge in [-0.1, -0.05) is 24.3 Å². The molecule has 1 amide bonds. The molecule has 0 spiro atoms. The molecule has 0 unspecified atom stereocenters. The Labute approximate surface area is 120 Å². The van der Waals surface area contributed by atoms with E-state index in [9.17, 15) is 9.18 Å². The van der Waals surface area contributed by atoms with Crippen molar-refractivity contribution in [3.05, 3.63) is 65.3 Å². The number of carbonyl (C=O) groups excluding carboxylic acids is 1. The molecule has 2 nitrogen and oxygen atoms in total. The van der Waals surface area contributed by atoms with Crippen LogP contribution in [0.25, 0.3) is 10.1 Å². The monoisotopic (exact) mass is 285 g/mol. The molecule has 100 valence electrons. The predicted molar refractivity (Wildman–Crippen MR) is 81.0 cm³/mol. The molecular formula is C16H12FNOS. The van der Waals surface area contributed by atoms with E-state index in [0.717, 1.165) is 15.8 Å². The van der Waals surface area contributed by atoms with Crippen LogP contribution in [-0.4, -0.2) is 13.0 Å². The topological polar surface area (TPSA) is 20.3 Å². The fourth-order valence-corrected chi connectivity index (χ4v) is 3.11. The third-order valence-electron chi connectivity index (χ3n) is 3.14. The Balaban J connectivity index is 1.96. The van der Waals surface area contributed by atoms with Crippen LogP contribution in [0.15, 0.2) is 54.6 Å². The van der Waals surface area contributed by atoms with Gasteiger partial charge in [-0.3, -0.25) is 4.79 Å². The minimum Gasteiger partial charge on any atom is -0.311 e. The number of benzene rings is 2. The number of carbonyl (C=O) groups is 1. The summed E-state index contributed by atoms with van der Waals surface area (Å²) in [6.45, 7) is 0. The number of anilines is 1. The van der Waals surface area contributed by atoms with Crippen molar-refractivity contribution in [3.63, 3.8) is 0 Å². The Hall–Kier alpha value is -2.20. The zero-order valence-corrected chi connectivity index (χ0v) is 11.7. The van der Waals surface area contributed by atoms with Crippen LogP contribution in [0.1, 0.15) is 9.67 Å². The zero-order valence-electron chi connectivity index (χ0n) is 10.8. The molecule has 0 bridgehead atoms. The average molecular weight is 285 g/mol. The summed E-state index contributed by atoms with van der Waals surface area (Å²) in [6, 6.07) is 15.8. The summed E-state index contributed by atoms with van der Waals surface area (Å²) in [4.78, 5) is 14.6. The quantitative estimate of drug-likeness (QED) is 0.686. The van der Waals surface area contributed by atoms with E-state index in [1.165, 1.54) is 23.5 Å². The van der Waals surface area contributed by atoms with Crippen molar-refractivity contribution in [1.29, 1.82) is 0 Å². The largest absolute Gasteiger partial charge is 0.311 e. The molecule has 0 atom stereocenters. The van der Waals surface area contributed by atoms with Gasteiger partial charge < -0.3 is 4.90 Å². The fraction of sp³-hybridized carbons (Fsp3) is 0.0625. The maximum Gasteiger partial charge on any atom is 0.268 e. The molecule has 4 heteroatoms. The number of hydrogen-bond acceptors (Lipinski definition) is 2. The molecule has 0 saturated heterocycles. The van der Waals surface area contributed by atoms with Crippen molar-refractivity contribution >= 4 is 33.0 Å².